The van der Waals surface area contributed by atoms with E-state index in [-0.39, 0.29) is 23.8 Å². The van der Waals surface area contributed by atoms with E-state index in [1.165, 1.54) is 12.1 Å². The summed E-state index contributed by atoms with van der Waals surface area (Å²) in [5, 5.41) is 0. The highest BCUT2D eigenvalue weighted by Gasteiger charge is 2.29. The molecule has 1 saturated heterocycles. The van der Waals surface area contributed by atoms with Crippen LogP contribution in [0.1, 0.15) is 48.9 Å². The third-order valence-corrected chi connectivity index (χ3v) is 4.72. The average molecular weight is 326 g/mol. The zero-order valence-corrected chi connectivity index (χ0v) is 13.7. The van der Waals surface area contributed by atoms with E-state index in [4.69, 9.17) is 5.73 Å². The lowest BCUT2D eigenvalue weighted by molar-refractivity contribution is -0.132. The van der Waals surface area contributed by atoms with Crippen LogP contribution in [0.25, 0.3) is 0 Å². The Morgan fingerprint density at radius 1 is 1.17 bits per heavy atom. The number of hydrogen-bond acceptors (Lipinski definition) is 2. The van der Waals surface area contributed by atoms with E-state index in [0.717, 1.165) is 30.5 Å². The van der Waals surface area contributed by atoms with Gasteiger partial charge >= 0.3 is 0 Å². The van der Waals surface area contributed by atoms with E-state index >= 15 is 0 Å². The van der Waals surface area contributed by atoms with Crippen molar-refractivity contribution >= 4 is 5.91 Å². The molecule has 0 radical (unpaired) electrons. The first kappa shape index (κ1) is 16.7. The fourth-order valence-electron chi connectivity index (χ4n) is 3.39. The van der Waals surface area contributed by atoms with E-state index in [1.54, 1.807) is 12.1 Å². The summed E-state index contributed by atoms with van der Waals surface area (Å²) in [4.78, 5) is 14.5. The molecule has 2 aromatic rings. The van der Waals surface area contributed by atoms with E-state index in [9.17, 15) is 9.18 Å². The zero-order chi connectivity index (χ0) is 16.9. The molecule has 4 heteroatoms. The van der Waals surface area contributed by atoms with Gasteiger partial charge in [0.2, 0.25) is 5.91 Å². The van der Waals surface area contributed by atoms with Crippen molar-refractivity contribution < 1.29 is 9.18 Å². The minimum atomic E-state index is -0.247. The molecule has 1 aliphatic heterocycles. The quantitative estimate of drug-likeness (QED) is 0.903. The van der Waals surface area contributed by atoms with Gasteiger partial charge in [0, 0.05) is 19.0 Å². The number of rotatable bonds is 5. The molecular weight excluding hydrogens is 303 g/mol. The number of amides is 1. The largest absolute Gasteiger partial charge is 0.336 e. The molecular formula is C20H23FN2O. The van der Waals surface area contributed by atoms with Gasteiger partial charge in [-0.15, -0.1) is 0 Å². The molecule has 2 N–H and O–H groups in total. The third-order valence-electron chi connectivity index (χ3n) is 4.72. The van der Waals surface area contributed by atoms with Gasteiger partial charge in [-0.3, -0.25) is 4.79 Å². The molecule has 0 bridgehead atoms. The van der Waals surface area contributed by atoms with Gasteiger partial charge in [0.1, 0.15) is 5.82 Å². The zero-order valence-electron chi connectivity index (χ0n) is 13.7. The second-order valence-corrected chi connectivity index (χ2v) is 6.35. The summed E-state index contributed by atoms with van der Waals surface area (Å²) in [5.41, 5.74) is 8.26. The molecule has 1 aliphatic rings. The van der Waals surface area contributed by atoms with E-state index in [0.29, 0.717) is 12.8 Å². The lowest BCUT2D eigenvalue weighted by Gasteiger charge is -2.26. The first-order chi connectivity index (χ1) is 11.6. The van der Waals surface area contributed by atoms with Gasteiger partial charge in [-0.25, -0.2) is 4.39 Å². The fraction of sp³-hybridized carbons (Fsp3) is 0.350. The van der Waals surface area contributed by atoms with E-state index in [2.05, 4.69) is 0 Å². The predicted octanol–water partition coefficient (Wildman–Crippen LogP) is 3.97. The number of carbonyl (C=O) groups excluding carboxylic acids is 1. The van der Waals surface area contributed by atoms with Crippen LogP contribution in [-0.4, -0.2) is 17.4 Å². The molecule has 126 valence electrons. The average Bonchev–Trinajstić information content (AvgIpc) is 3.10. The van der Waals surface area contributed by atoms with Crippen molar-refractivity contribution in [2.45, 2.75) is 37.8 Å². The Kier molecular flexibility index (Phi) is 5.26. The number of benzene rings is 2. The minimum Gasteiger partial charge on any atom is -0.336 e. The molecule has 0 aliphatic carbocycles. The molecule has 3 nitrogen and oxygen atoms in total. The molecule has 1 heterocycles. The normalized spacial score (nSPS) is 18.6. The summed E-state index contributed by atoms with van der Waals surface area (Å²) in [5.74, 6) is -0.114. The molecule has 2 unspecified atom stereocenters. The third kappa shape index (κ3) is 3.82. The van der Waals surface area contributed by atoms with Crippen LogP contribution in [0.15, 0.2) is 54.6 Å². The Morgan fingerprint density at radius 2 is 1.88 bits per heavy atom. The van der Waals surface area contributed by atoms with Crippen LogP contribution in [0.5, 0.6) is 0 Å². The second-order valence-electron chi connectivity index (χ2n) is 6.35. The SMILES string of the molecule is NC(CCC(=O)N1CCCC1c1ccc(F)cc1)c1ccccc1. The maximum absolute atomic E-state index is 13.1. The summed E-state index contributed by atoms with van der Waals surface area (Å²) < 4.78 is 13.1. The number of nitrogens with zero attached hydrogens (tertiary/aromatic N) is 1. The van der Waals surface area contributed by atoms with Gasteiger partial charge < -0.3 is 10.6 Å². The summed E-state index contributed by atoms with van der Waals surface area (Å²) >= 11 is 0. The van der Waals surface area contributed by atoms with Crippen LogP contribution in [0.2, 0.25) is 0 Å². The Hall–Kier alpha value is -2.20. The highest BCUT2D eigenvalue weighted by molar-refractivity contribution is 5.77. The number of nitrogens with two attached hydrogens (primary N) is 1. The maximum Gasteiger partial charge on any atom is 0.223 e. The highest BCUT2D eigenvalue weighted by atomic mass is 19.1. The van der Waals surface area contributed by atoms with Crippen molar-refractivity contribution in [2.75, 3.05) is 6.54 Å². The van der Waals surface area contributed by atoms with Gasteiger partial charge in [0.05, 0.1) is 6.04 Å². The summed E-state index contributed by atoms with van der Waals surface area (Å²) in [6, 6.07) is 16.3. The molecule has 24 heavy (non-hydrogen) atoms. The van der Waals surface area contributed by atoms with Crippen LogP contribution in [0.4, 0.5) is 4.39 Å². The van der Waals surface area contributed by atoms with Crippen molar-refractivity contribution in [3.05, 3.63) is 71.5 Å². The molecule has 1 amide bonds. The van der Waals surface area contributed by atoms with Crippen molar-refractivity contribution in [1.29, 1.82) is 0 Å². The van der Waals surface area contributed by atoms with E-state index in [1.807, 2.05) is 35.2 Å². The van der Waals surface area contributed by atoms with Crippen molar-refractivity contribution in [2.24, 2.45) is 5.73 Å². The number of carbonyl (C=O) groups is 1. The number of likely N-dealkylation sites (tertiary alicyclic amines) is 1. The molecule has 3 rings (SSSR count). The second kappa shape index (κ2) is 7.58. The Bertz CT molecular complexity index is 672. The Labute approximate surface area is 142 Å². The first-order valence-corrected chi connectivity index (χ1v) is 8.50. The molecule has 1 fully saturated rings. The van der Waals surface area contributed by atoms with Gasteiger partial charge in [-0.05, 0) is 42.5 Å². The minimum absolute atomic E-state index is 0.0612. The Morgan fingerprint density at radius 3 is 2.58 bits per heavy atom. The Balaban J connectivity index is 1.60. The van der Waals surface area contributed by atoms with Crippen molar-refractivity contribution in [3.8, 4) is 0 Å². The van der Waals surface area contributed by atoms with Gasteiger partial charge in [-0.1, -0.05) is 42.5 Å². The van der Waals surface area contributed by atoms with Crippen molar-refractivity contribution in [1.82, 2.24) is 4.90 Å². The predicted molar refractivity (Wildman–Crippen MR) is 92.7 cm³/mol. The van der Waals surface area contributed by atoms with Crippen LogP contribution in [-0.2, 0) is 4.79 Å². The monoisotopic (exact) mass is 326 g/mol. The molecule has 0 spiro atoms. The van der Waals surface area contributed by atoms with Gasteiger partial charge in [0.25, 0.3) is 0 Å². The molecule has 0 saturated carbocycles. The summed E-state index contributed by atoms with van der Waals surface area (Å²) in [6.45, 7) is 0.765. The van der Waals surface area contributed by atoms with Crippen LogP contribution in [0, 0.1) is 5.82 Å². The fourth-order valence-corrected chi connectivity index (χ4v) is 3.39. The maximum atomic E-state index is 13.1. The van der Waals surface area contributed by atoms with Crippen molar-refractivity contribution in [3.63, 3.8) is 0 Å². The highest BCUT2D eigenvalue weighted by Crippen LogP contribution is 2.33. The standard InChI is InChI=1S/C20H23FN2O/c21-17-10-8-16(9-11-17)19-7-4-14-23(19)20(24)13-12-18(22)15-5-2-1-3-6-15/h1-3,5-6,8-11,18-19H,4,7,12-14,22H2. The summed E-state index contributed by atoms with van der Waals surface area (Å²) in [7, 11) is 0. The van der Waals surface area contributed by atoms with Gasteiger partial charge in [-0.2, -0.15) is 0 Å². The van der Waals surface area contributed by atoms with Crippen LogP contribution in [0.3, 0.4) is 0 Å². The molecule has 0 aromatic heterocycles. The van der Waals surface area contributed by atoms with E-state index < -0.39 is 0 Å². The van der Waals surface area contributed by atoms with Gasteiger partial charge in [0.15, 0.2) is 0 Å². The summed E-state index contributed by atoms with van der Waals surface area (Å²) in [6.07, 6.45) is 2.99. The molecule has 2 aromatic carbocycles. The smallest absolute Gasteiger partial charge is 0.223 e. The first-order valence-electron chi connectivity index (χ1n) is 8.50. The lowest BCUT2D eigenvalue weighted by Crippen LogP contribution is -2.31. The number of hydrogen-bond donors (Lipinski definition) is 1. The molecule has 2 atom stereocenters. The topological polar surface area (TPSA) is 46.3 Å². The van der Waals surface area contributed by atoms with Crippen LogP contribution < -0.4 is 5.73 Å². The van der Waals surface area contributed by atoms with Crippen LogP contribution >= 0.6 is 0 Å². The lowest BCUT2D eigenvalue weighted by atomic mass is 10.0. The number of halogens is 1.